The molecule has 1 aromatic carbocycles. The molecule has 0 aliphatic heterocycles. The van der Waals surface area contributed by atoms with Crippen molar-refractivity contribution in [2.24, 2.45) is 7.05 Å². The maximum atomic E-state index is 13.3. The van der Waals surface area contributed by atoms with Crippen molar-refractivity contribution in [1.82, 2.24) is 9.55 Å². The molecule has 1 heterocycles. The molecule has 1 unspecified atom stereocenters. The highest BCUT2D eigenvalue weighted by atomic mass is 19.1. The van der Waals surface area contributed by atoms with Gasteiger partial charge in [-0.1, -0.05) is 13.3 Å². The van der Waals surface area contributed by atoms with E-state index >= 15 is 0 Å². The van der Waals surface area contributed by atoms with Crippen molar-refractivity contribution in [1.29, 1.82) is 0 Å². The van der Waals surface area contributed by atoms with Crippen LogP contribution in [-0.2, 0) is 16.6 Å². The van der Waals surface area contributed by atoms with Crippen LogP contribution in [0.2, 0.25) is 0 Å². The fourth-order valence-electron chi connectivity index (χ4n) is 2.38. The fraction of sp³-hybridized carbons (Fsp3) is 0.467. The third kappa shape index (κ3) is 2.66. The first-order valence-corrected chi connectivity index (χ1v) is 6.87. The molecule has 20 heavy (non-hydrogen) atoms. The highest BCUT2D eigenvalue weighted by Crippen LogP contribution is 2.26. The van der Waals surface area contributed by atoms with Crippen molar-refractivity contribution in [3.63, 3.8) is 0 Å². The molecule has 0 saturated carbocycles. The standard InChI is InChI=1S/C15H19FN2O2/c1-4-6-11(15(19)20-5-2)14-17-12-8-7-10(16)9-13(12)18(14)3/h7-9,11H,4-6H2,1-3H3. The molecular formula is C15H19FN2O2. The lowest BCUT2D eigenvalue weighted by Crippen LogP contribution is -2.19. The van der Waals surface area contributed by atoms with Crippen molar-refractivity contribution in [3.05, 3.63) is 29.8 Å². The summed E-state index contributed by atoms with van der Waals surface area (Å²) in [5, 5.41) is 0. The van der Waals surface area contributed by atoms with Crippen LogP contribution < -0.4 is 0 Å². The average Bonchev–Trinajstić information content (AvgIpc) is 2.73. The van der Waals surface area contributed by atoms with Crippen molar-refractivity contribution in [2.75, 3.05) is 6.61 Å². The Hall–Kier alpha value is -1.91. The molecule has 2 rings (SSSR count). The van der Waals surface area contributed by atoms with E-state index in [4.69, 9.17) is 4.74 Å². The van der Waals surface area contributed by atoms with Gasteiger partial charge in [0.2, 0.25) is 0 Å². The zero-order chi connectivity index (χ0) is 14.7. The second kappa shape index (κ2) is 6.03. The van der Waals surface area contributed by atoms with Crippen molar-refractivity contribution < 1.29 is 13.9 Å². The quantitative estimate of drug-likeness (QED) is 0.789. The number of aryl methyl sites for hydroxylation is 1. The highest BCUT2D eigenvalue weighted by molar-refractivity contribution is 5.81. The molecule has 0 radical (unpaired) electrons. The van der Waals surface area contributed by atoms with E-state index in [1.165, 1.54) is 12.1 Å². The number of imidazole rings is 1. The minimum atomic E-state index is -0.402. The molecule has 0 spiro atoms. The first-order chi connectivity index (χ1) is 9.58. The maximum Gasteiger partial charge on any atom is 0.316 e. The Morgan fingerprint density at radius 1 is 1.45 bits per heavy atom. The third-order valence-electron chi connectivity index (χ3n) is 3.34. The zero-order valence-electron chi connectivity index (χ0n) is 12.0. The SMILES string of the molecule is CCCC(C(=O)OCC)c1nc2ccc(F)cc2n1C. The first kappa shape index (κ1) is 14.5. The maximum absolute atomic E-state index is 13.3. The Kier molecular flexibility index (Phi) is 4.37. The van der Waals surface area contributed by atoms with Crippen LogP contribution in [0.15, 0.2) is 18.2 Å². The Labute approximate surface area is 117 Å². The smallest absolute Gasteiger partial charge is 0.316 e. The van der Waals surface area contributed by atoms with Gasteiger partial charge in [-0.2, -0.15) is 0 Å². The van der Waals surface area contributed by atoms with Crippen molar-refractivity contribution in [2.45, 2.75) is 32.6 Å². The van der Waals surface area contributed by atoms with Crippen molar-refractivity contribution in [3.8, 4) is 0 Å². The normalized spacial score (nSPS) is 12.6. The minimum Gasteiger partial charge on any atom is -0.465 e. The number of hydrogen-bond acceptors (Lipinski definition) is 3. The molecule has 4 nitrogen and oxygen atoms in total. The van der Waals surface area contributed by atoms with E-state index in [0.29, 0.717) is 29.9 Å². The summed E-state index contributed by atoms with van der Waals surface area (Å²) in [5.41, 5.74) is 1.37. The number of benzene rings is 1. The predicted octanol–water partition coefficient (Wildman–Crippen LogP) is 3.16. The van der Waals surface area contributed by atoms with E-state index in [1.807, 2.05) is 6.92 Å². The van der Waals surface area contributed by atoms with Gasteiger partial charge in [0, 0.05) is 7.05 Å². The van der Waals surface area contributed by atoms with Gasteiger partial charge in [0.15, 0.2) is 0 Å². The number of ether oxygens (including phenoxy) is 1. The van der Waals surface area contributed by atoms with Gasteiger partial charge < -0.3 is 9.30 Å². The molecule has 5 heteroatoms. The minimum absolute atomic E-state index is 0.270. The zero-order valence-corrected chi connectivity index (χ0v) is 12.0. The van der Waals surface area contributed by atoms with E-state index in [9.17, 15) is 9.18 Å². The number of esters is 1. The lowest BCUT2D eigenvalue weighted by atomic mass is 10.0. The molecule has 0 saturated heterocycles. The Morgan fingerprint density at radius 3 is 2.85 bits per heavy atom. The van der Waals surface area contributed by atoms with Gasteiger partial charge in [0.25, 0.3) is 0 Å². The van der Waals surface area contributed by atoms with Gasteiger partial charge in [-0.3, -0.25) is 4.79 Å². The van der Waals surface area contributed by atoms with Crippen LogP contribution in [0.5, 0.6) is 0 Å². The molecule has 1 aromatic heterocycles. The van der Waals surface area contributed by atoms with E-state index in [-0.39, 0.29) is 11.8 Å². The summed E-state index contributed by atoms with van der Waals surface area (Å²) in [4.78, 5) is 16.6. The molecule has 2 aromatic rings. The van der Waals surface area contributed by atoms with Crippen LogP contribution in [0, 0.1) is 5.82 Å². The Balaban J connectivity index is 2.47. The van der Waals surface area contributed by atoms with Gasteiger partial charge in [-0.25, -0.2) is 9.37 Å². The van der Waals surface area contributed by atoms with Crippen LogP contribution in [0.25, 0.3) is 11.0 Å². The van der Waals surface area contributed by atoms with Crippen LogP contribution in [0.3, 0.4) is 0 Å². The van der Waals surface area contributed by atoms with Gasteiger partial charge in [-0.05, 0) is 31.5 Å². The van der Waals surface area contributed by atoms with E-state index in [0.717, 1.165) is 6.42 Å². The summed E-state index contributed by atoms with van der Waals surface area (Å²) in [6.07, 6.45) is 1.51. The topological polar surface area (TPSA) is 44.1 Å². The van der Waals surface area contributed by atoms with Crippen LogP contribution in [0.4, 0.5) is 4.39 Å². The summed E-state index contributed by atoms with van der Waals surface area (Å²) in [6.45, 7) is 4.14. The predicted molar refractivity (Wildman–Crippen MR) is 75.0 cm³/mol. The second-order valence-corrected chi connectivity index (χ2v) is 4.76. The molecular weight excluding hydrogens is 259 g/mol. The summed E-state index contributed by atoms with van der Waals surface area (Å²) in [5.74, 6) is -0.352. The van der Waals surface area contributed by atoms with Gasteiger partial charge >= 0.3 is 5.97 Å². The number of aromatic nitrogens is 2. The van der Waals surface area contributed by atoms with Gasteiger partial charge in [0.1, 0.15) is 17.6 Å². The van der Waals surface area contributed by atoms with Crippen LogP contribution >= 0.6 is 0 Å². The summed E-state index contributed by atoms with van der Waals surface area (Å²) < 4.78 is 20.2. The lowest BCUT2D eigenvalue weighted by Gasteiger charge is -2.14. The van der Waals surface area contributed by atoms with Crippen LogP contribution in [-0.4, -0.2) is 22.1 Å². The number of rotatable bonds is 5. The Bertz CT molecular complexity index is 622. The highest BCUT2D eigenvalue weighted by Gasteiger charge is 2.26. The third-order valence-corrected chi connectivity index (χ3v) is 3.34. The molecule has 0 amide bonds. The number of nitrogens with zero attached hydrogens (tertiary/aromatic N) is 2. The largest absolute Gasteiger partial charge is 0.465 e. The number of carbonyl (C=O) groups is 1. The number of hydrogen-bond donors (Lipinski definition) is 0. The molecule has 0 aliphatic rings. The van der Waals surface area contributed by atoms with Crippen molar-refractivity contribution >= 4 is 17.0 Å². The van der Waals surface area contributed by atoms with E-state index < -0.39 is 5.92 Å². The van der Waals surface area contributed by atoms with Gasteiger partial charge in [-0.15, -0.1) is 0 Å². The molecule has 108 valence electrons. The number of halogens is 1. The second-order valence-electron chi connectivity index (χ2n) is 4.76. The molecule has 0 N–H and O–H groups in total. The lowest BCUT2D eigenvalue weighted by molar-refractivity contribution is -0.145. The molecule has 0 fully saturated rings. The average molecular weight is 278 g/mol. The van der Waals surface area contributed by atoms with E-state index in [2.05, 4.69) is 4.98 Å². The Morgan fingerprint density at radius 2 is 2.20 bits per heavy atom. The molecule has 0 aliphatic carbocycles. The monoisotopic (exact) mass is 278 g/mol. The molecule has 1 atom stereocenters. The summed E-state index contributed by atoms with van der Waals surface area (Å²) >= 11 is 0. The summed E-state index contributed by atoms with van der Waals surface area (Å²) in [7, 11) is 1.80. The molecule has 0 bridgehead atoms. The summed E-state index contributed by atoms with van der Waals surface area (Å²) in [6, 6.07) is 4.43. The van der Waals surface area contributed by atoms with E-state index in [1.54, 1.807) is 24.6 Å². The first-order valence-electron chi connectivity index (χ1n) is 6.87. The fourth-order valence-corrected chi connectivity index (χ4v) is 2.38. The van der Waals surface area contributed by atoms with Crippen LogP contribution in [0.1, 0.15) is 38.4 Å². The number of fused-ring (bicyclic) bond motifs is 1. The van der Waals surface area contributed by atoms with Gasteiger partial charge in [0.05, 0.1) is 17.6 Å². The number of carbonyl (C=O) groups excluding carboxylic acids is 1.